The van der Waals surface area contributed by atoms with E-state index in [9.17, 15) is 9.90 Å². The smallest absolute Gasteiger partial charge is 0.251 e. The lowest BCUT2D eigenvalue weighted by atomic mass is 10.2. The first-order valence-electron chi connectivity index (χ1n) is 10.0. The standard InChI is InChI=1S/C21H27ClN6O2/c1-2-23-21(26-12-11-25-20(30)15-5-7-17(29)8-6-15)27-16-9-13-28(14-16)19-18(22)4-3-10-24-19/h3-8,10,16,29H,2,9,11-14H2,1H3,(H,25,30)(H2,23,26,27). The van der Waals surface area contributed by atoms with Crippen LogP contribution in [0.3, 0.4) is 0 Å². The number of benzene rings is 1. The molecule has 2 heterocycles. The van der Waals surface area contributed by atoms with E-state index >= 15 is 0 Å². The molecule has 0 bridgehead atoms. The predicted octanol–water partition coefficient (Wildman–Crippen LogP) is 2.00. The molecule has 2 aromatic rings. The number of nitrogens with zero attached hydrogens (tertiary/aromatic N) is 3. The van der Waals surface area contributed by atoms with Gasteiger partial charge in [0.1, 0.15) is 11.6 Å². The molecule has 1 aliphatic heterocycles. The van der Waals surface area contributed by atoms with Gasteiger partial charge in [0.25, 0.3) is 5.91 Å². The molecule has 160 valence electrons. The minimum absolute atomic E-state index is 0.133. The molecule has 30 heavy (non-hydrogen) atoms. The molecule has 1 aliphatic rings. The van der Waals surface area contributed by atoms with E-state index in [1.54, 1.807) is 18.3 Å². The molecule has 1 aromatic carbocycles. The number of rotatable bonds is 7. The summed E-state index contributed by atoms with van der Waals surface area (Å²) in [5.41, 5.74) is 0.501. The second-order valence-corrected chi connectivity index (χ2v) is 7.36. The molecule has 9 heteroatoms. The van der Waals surface area contributed by atoms with Gasteiger partial charge in [0, 0.05) is 44.0 Å². The summed E-state index contributed by atoms with van der Waals surface area (Å²) < 4.78 is 0. The van der Waals surface area contributed by atoms with Crippen LogP contribution in [0.2, 0.25) is 5.02 Å². The van der Waals surface area contributed by atoms with Crippen LogP contribution in [0.1, 0.15) is 23.7 Å². The number of aromatic hydroxyl groups is 1. The summed E-state index contributed by atoms with van der Waals surface area (Å²) in [6, 6.07) is 10.1. The van der Waals surface area contributed by atoms with Crippen molar-refractivity contribution >= 4 is 29.3 Å². The highest BCUT2D eigenvalue weighted by Crippen LogP contribution is 2.25. The van der Waals surface area contributed by atoms with Gasteiger partial charge in [-0.25, -0.2) is 4.98 Å². The summed E-state index contributed by atoms with van der Waals surface area (Å²) in [5, 5.41) is 19.5. The Hall–Kier alpha value is -3.00. The molecule has 4 N–H and O–H groups in total. The number of aliphatic imine (C=N–C) groups is 1. The number of nitrogens with one attached hydrogen (secondary N) is 3. The number of amides is 1. The molecular formula is C21H27ClN6O2. The quantitative estimate of drug-likeness (QED) is 0.304. The number of aromatic nitrogens is 1. The van der Waals surface area contributed by atoms with Crippen molar-refractivity contribution in [3.8, 4) is 5.75 Å². The predicted molar refractivity (Wildman–Crippen MR) is 119 cm³/mol. The molecule has 8 nitrogen and oxygen atoms in total. The van der Waals surface area contributed by atoms with Gasteiger partial charge in [0.2, 0.25) is 0 Å². The Labute approximate surface area is 181 Å². The lowest BCUT2D eigenvalue weighted by Gasteiger charge is -2.20. The topological polar surface area (TPSA) is 102 Å². The normalized spacial score (nSPS) is 16.4. The fourth-order valence-corrected chi connectivity index (χ4v) is 3.49. The van der Waals surface area contributed by atoms with Crippen LogP contribution in [0.4, 0.5) is 5.82 Å². The Morgan fingerprint density at radius 2 is 2.10 bits per heavy atom. The molecule has 1 atom stereocenters. The monoisotopic (exact) mass is 430 g/mol. The molecule has 0 saturated carbocycles. The zero-order valence-electron chi connectivity index (χ0n) is 16.9. The minimum Gasteiger partial charge on any atom is -0.508 e. The Balaban J connectivity index is 1.48. The number of guanidine groups is 1. The second kappa shape index (κ2) is 10.7. The van der Waals surface area contributed by atoms with Crippen LogP contribution in [-0.2, 0) is 0 Å². The fourth-order valence-electron chi connectivity index (χ4n) is 3.25. The third kappa shape index (κ3) is 6.00. The van der Waals surface area contributed by atoms with E-state index in [2.05, 4.69) is 30.8 Å². The van der Waals surface area contributed by atoms with E-state index in [0.29, 0.717) is 23.7 Å². The van der Waals surface area contributed by atoms with Crippen molar-refractivity contribution in [1.29, 1.82) is 0 Å². The van der Waals surface area contributed by atoms with Crippen molar-refractivity contribution < 1.29 is 9.90 Å². The van der Waals surface area contributed by atoms with Crippen LogP contribution in [0.25, 0.3) is 0 Å². The molecule has 1 unspecified atom stereocenters. The third-order valence-electron chi connectivity index (χ3n) is 4.71. The molecule has 1 fully saturated rings. The third-order valence-corrected chi connectivity index (χ3v) is 5.00. The van der Waals surface area contributed by atoms with E-state index in [4.69, 9.17) is 11.6 Å². The molecule has 3 rings (SSSR count). The van der Waals surface area contributed by atoms with E-state index in [1.807, 2.05) is 19.1 Å². The maximum Gasteiger partial charge on any atom is 0.251 e. The largest absolute Gasteiger partial charge is 0.508 e. The van der Waals surface area contributed by atoms with E-state index in [0.717, 1.165) is 37.8 Å². The summed E-state index contributed by atoms with van der Waals surface area (Å²) in [6.07, 6.45) is 2.70. The Bertz CT molecular complexity index is 874. The van der Waals surface area contributed by atoms with Gasteiger partial charge in [-0.1, -0.05) is 11.6 Å². The van der Waals surface area contributed by atoms with Gasteiger partial charge in [0.05, 0.1) is 11.6 Å². The summed E-state index contributed by atoms with van der Waals surface area (Å²) in [7, 11) is 0. The molecule has 0 spiro atoms. The molecule has 0 aliphatic carbocycles. The maximum absolute atomic E-state index is 12.1. The van der Waals surface area contributed by atoms with Crippen LogP contribution >= 0.6 is 11.6 Å². The molecule has 0 radical (unpaired) electrons. The average Bonchev–Trinajstić information content (AvgIpc) is 3.20. The Kier molecular flexibility index (Phi) is 7.73. The second-order valence-electron chi connectivity index (χ2n) is 6.95. The van der Waals surface area contributed by atoms with Crippen LogP contribution in [0, 0.1) is 0 Å². The highest BCUT2D eigenvalue weighted by Gasteiger charge is 2.25. The van der Waals surface area contributed by atoms with Crippen molar-refractivity contribution in [2.24, 2.45) is 4.99 Å². The molecule has 1 amide bonds. The average molecular weight is 431 g/mol. The van der Waals surface area contributed by atoms with E-state index < -0.39 is 0 Å². The van der Waals surface area contributed by atoms with Crippen LogP contribution in [0.5, 0.6) is 5.75 Å². The highest BCUT2D eigenvalue weighted by atomic mass is 35.5. The van der Waals surface area contributed by atoms with Crippen molar-refractivity contribution in [2.45, 2.75) is 19.4 Å². The number of phenols is 1. The van der Waals surface area contributed by atoms with E-state index in [1.165, 1.54) is 12.1 Å². The van der Waals surface area contributed by atoms with Crippen molar-refractivity contribution in [3.63, 3.8) is 0 Å². The van der Waals surface area contributed by atoms with Gasteiger partial charge in [-0.15, -0.1) is 0 Å². The first-order valence-corrected chi connectivity index (χ1v) is 10.4. The van der Waals surface area contributed by atoms with Gasteiger partial charge in [0.15, 0.2) is 5.96 Å². The summed E-state index contributed by atoms with van der Waals surface area (Å²) in [6.45, 7) is 5.28. The van der Waals surface area contributed by atoms with Gasteiger partial charge in [-0.3, -0.25) is 9.79 Å². The summed E-state index contributed by atoms with van der Waals surface area (Å²) >= 11 is 6.26. The number of phenolic OH excluding ortho intramolecular Hbond substituents is 1. The highest BCUT2D eigenvalue weighted by molar-refractivity contribution is 6.32. The zero-order valence-corrected chi connectivity index (χ0v) is 17.7. The Morgan fingerprint density at radius 1 is 1.30 bits per heavy atom. The zero-order chi connectivity index (χ0) is 21.3. The summed E-state index contributed by atoms with van der Waals surface area (Å²) in [5.74, 6) is 1.47. The van der Waals surface area contributed by atoms with Crippen molar-refractivity contribution in [1.82, 2.24) is 20.9 Å². The van der Waals surface area contributed by atoms with Gasteiger partial charge >= 0.3 is 0 Å². The lowest BCUT2D eigenvalue weighted by Crippen LogP contribution is -2.45. The van der Waals surface area contributed by atoms with Gasteiger partial charge < -0.3 is 26.0 Å². The minimum atomic E-state index is -0.193. The van der Waals surface area contributed by atoms with Crippen molar-refractivity contribution in [3.05, 3.63) is 53.2 Å². The number of carbonyl (C=O) groups is 1. The number of hydrogen-bond acceptors (Lipinski definition) is 5. The van der Waals surface area contributed by atoms with Crippen LogP contribution < -0.4 is 20.9 Å². The number of pyridine rings is 1. The Morgan fingerprint density at radius 3 is 2.83 bits per heavy atom. The van der Waals surface area contributed by atoms with Gasteiger partial charge in [-0.05, 0) is 49.7 Å². The first kappa shape index (κ1) is 21.7. The molecule has 1 saturated heterocycles. The lowest BCUT2D eigenvalue weighted by molar-refractivity contribution is 0.0955. The van der Waals surface area contributed by atoms with Crippen molar-refractivity contribution in [2.75, 3.05) is 37.6 Å². The van der Waals surface area contributed by atoms with E-state index in [-0.39, 0.29) is 17.7 Å². The maximum atomic E-state index is 12.1. The van der Waals surface area contributed by atoms with Crippen LogP contribution in [0.15, 0.2) is 47.6 Å². The summed E-state index contributed by atoms with van der Waals surface area (Å²) in [4.78, 5) is 23.2. The van der Waals surface area contributed by atoms with Gasteiger partial charge in [-0.2, -0.15) is 0 Å². The number of carbonyl (C=O) groups excluding carboxylic acids is 1. The SMILES string of the molecule is CCNC(=NCCNC(=O)c1ccc(O)cc1)NC1CCN(c2ncccc2Cl)C1. The molecular weight excluding hydrogens is 404 g/mol. The first-order chi connectivity index (χ1) is 14.6. The van der Waals surface area contributed by atoms with Crippen LogP contribution in [-0.4, -0.2) is 60.7 Å². The molecule has 1 aromatic heterocycles. The number of halogens is 1. The number of anilines is 1. The number of hydrogen-bond donors (Lipinski definition) is 4. The fraction of sp³-hybridized carbons (Fsp3) is 0.381.